The fourth-order valence-corrected chi connectivity index (χ4v) is 1.54. The van der Waals surface area contributed by atoms with Crippen LogP contribution in [-0.4, -0.2) is 32.3 Å². The molecule has 1 rings (SSSR count). The number of anilines is 1. The van der Waals surface area contributed by atoms with E-state index in [0.717, 1.165) is 0 Å². The Balaban J connectivity index is 0.00000361. The van der Waals surface area contributed by atoms with Gasteiger partial charge in [-0.15, -0.1) is 12.4 Å². The number of ether oxygens (including phenoxy) is 2. The number of nitrogens with one attached hydrogen (secondary N) is 1. The highest BCUT2D eigenvalue weighted by Gasteiger charge is 2.20. The number of hydrogen-bond donors (Lipinski definition) is 2. The standard InChI is InChI=1S/C13H19ClN2O3.ClH/c1-13(2,19-4)7-16-12(17)8-5-9(14)10(15)6-11(8)18-3;/h5-6H,7,15H2,1-4H3,(H,16,17);1H. The van der Waals surface area contributed by atoms with Gasteiger partial charge in [-0.1, -0.05) is 11.6 Å². The van der Waals surface area contributed by atoms with Crippen molar-refractivity contribution in [3.05, 3.63) is 22.7 Å². The van der Waals surface area contributed by atoms with Crippen LogP contribution in [0.4, 0.5) is 5.69 Å². The predicted molar refractivity (Wildman–Crippen MR) is 83.1 cm³/mol. The molecule has 20 heavy (non-hydrogen) atoms. The minimum Gasteiger partial charge on any atom is -0.496 e. The monoisotopic (exact) mass is 322 g/mol. The molecule has 0 spiro atoms. The average molecular weight is 323 g/mol. The van der Waals surface area contributed by atoms with Crippen molar-refractivity contribution in [1.29, 1.82) is 0 Å². The lowest BCUT2D eigenvalue weighted by atomic mass is 10.1. The van der Waals surface area contributed by atoms with Gasteiger partial charge in [0.25, 0.3) is 5.91 Å². The van der Waals surface area contributed by atoms with E-state index in [4.69, 9.17) is 26.8 Å². The van der Waals surface area contributed by atoms with Crippen LogP contribution < -0.4 is 15.8 Å². The third-order valence-corrected chi connectivity index (χ3v) is 3.12. The first-order valence-electron chi connectivity index (χ1n) is 5.77. The number of rotatable bonds is 5. The van der Waals surface area contributed by atoms with Gasteiger partial charge in [0.2, 0.25) is 0 Å². The molecule has 0 aromatic heterocycles. The molecule has 114 valence electrons. The lowest BCUT2D eigenvalue weighted by Gasteiger charge is -2.23. The van der Waals surface area contributed by atoms with E-state index in [-0.39, 0.29) is 18.3 Å². The van der Waals surface area contributed by atoms with Crippen LogP contribution in [0.5, 0.6) is 5.75 Å². The zero-order chi connectivity index (χ0) is 14.6. The summed E-state index contributed by atoms with van der Waals surface area (Å²) in [6.07, 6.45) is 0. The maximum atomic E-state index is 12.1. The van der Waals surface area contributed by atoms with Crippen LogP contribution in [0.2, 0.25) is 5.02 Å². The summed E-state index contributed by atoms with van der Waals surface area (Å²) in [6, 6.07) is 3.02. The second-order valence-corrected chi connectivity index (χ2v) is 5.13. The number of halogens is 2. The summed E-state index contributed by atoms with van der Waals surface area (Å²) < 4.78 is 10.4. The van der Waals surface area contributed by atoms with E-state index in [9.17, 15) is 4.79 Å². The first kappa shape index (κ1) is 18.8. The van der Waals surface area contributed by atoms with Gasteiger partial charge in [0.15, 0.2) is 0 Å². The summed E-state index contributed by atoms with van der Waals surface area (Å²) in [5.41, 5.74) is 5.93. The topological polar surface area (TPSA) is 73.6 Å². The van der Waals surface area contributed by atoms with Gasteiger partial charge in [0.1, 0.15) is 5.75 Å². The summed E-state index contributed by atoms with van der Waals surface area (Å²) in [5, 5.41) is 3.08. The molecule has 1 aromatic rings. The van der Waals surface area contributed by atoms with Crippen molar-refractivity contribution in [2.75, 3.05) is 26.5 Å². The van der Waals surface area contributed by atoms with Gasteiger partial charge in [0, 0.05) is 19.7 Å². The molecular weight excluding hydrogens is 303 g/mol. The fourth-order valence-electron chi connectivity index (χ4n) is 1.38. The van der Waals surface area contributed by atoms with E-state index in [1.165, 1.54) is 19.2 Å². The second kappa shape index (κ2) is 7.57. The van der Waals surface area contributed by atoms with E-state index < -0.39 is 5.60 Å². The molecule has 1 amide bonds. The molecule has 0 aliphatic heterocycles. The molecule has 1 aromatic carbocycles. The molecule has 0 heterocycles. The summed E-state index contributed by atoms with van der Waals surface area (Å²) in [6.45, 7) is 4.12. The van der Waals surface area contributed by atoms with Gasteiger partial charge in [-0.05, 0) is 19.9 Å². The molecule has 7 heteroatoms. The van der Waals surface area contributed by atoms with E-state index in [1.807, 2.05) is 13.8 Å². The molecule has 5 nitrogen and oxygen atoms in total. The smallest absolute Gasteiger partial charge is 0.255 e. The van der Waals surface area contributed by atoms with Gasteiger partial charge in [-0.3, -0.25) is 4.79 Å². The lowest BCUT2D eigenvalue weighted by Crippen LogP contribution is -2.39. The van der Waals surface area contributed by atoms with Crippen LogP contribution in [0, 0.1) is 0 Å². The largest absolute Gasteiger partial charge is 0.496 e. The van der Waals surface area contributed by atoms with Gasteiger partial charge in [-0.2, -0.15) is 0 Å². The van der Waals surface area contributed by atoms with Gasteiger partial charge in [-0.25, -0.2) is 0 Å². The van der Waals surface area contributed by atoms with Gasteiger partial charge >= 0.3 is 0 Å². The summed E-state index contributed by atoms with van der Waals surface area (Å²) in [4.78, 5) is 12.1. The lowest BCUT2D eigenvalue weighted by molar-refractivity contribution is 0.0228. The number of carbonyl (C=O) groups excluding carboxylic acids is 1. The highest BCUT2D eigenvalue weighted by Crippen LogP contribution is 2.28. The summed E-state index contributed by atoms with van der Waals surface area (Å²) >= 11 is 5.92. The van der Waals surface area contributed by atoms with E-state index >= 15 is 0 Å². The maximum Gasteiger partial charge on any atom is 0.255 e. The molecule has 0 saturated carbocycles. The third kappa shape index (κ3) is 4.74. The van der Waals surface area contributed by atoms with E-state index in [0.29, 0.717) is 28.6 Å². The number of hydrogen-bond acceptors (Lipinski definition) is 4. The Labute approximate surface area is 130 Å². The second-order valence-electron chi connectivity index (χ2n) is 4.72. The zero-order valence-corrected chi connectivity index (χ0v) is 13.5. The molecule has 0 atom stereocenters. The Morgan fingerprint density at radius 2 is 2.00 bits per heavy atom. The third-order valence-electron chi connectivity index (χ3n) is 2.79. The van der Waals surface area contributed by atoms with E-state index in [2.05, 4.69) is 5.32 Å². The van der Waals surface area contributed by atoms with Crippen molar-refractivity contribution in [2.45, 2.75) is 19.4 Å². The Morgan fingerprint density at radius 3 is 2.50 bits per heavy atom. The molecule has 3 N–H and O–H groups in total. The summed E-state index contributed by atoms with van der Waals surface area (Å²) in [5.74, 6) is 0.0958. The fraction of sp³-hybridized carbons (Fsp3) is 0.462. The van der Waals surface area contributed by atoms with Crippen molar-refractivity contribution >= 4 is 35.6 Å². The minimum atomic E-state index is -0.444. The van der Waals surface area contributed by atoms with Crippen LogP contribution >= 0.6 is 24.0 Å². The van der Waals surface area contributed by atoms with Crippen molar-refractivity contribution in [2.24, 2.45) is 0 Å². The van der Waals surface area contributed by atoms with Crippen molar-refractivity contribution in [3.63, 3.8) is 0 Å². The molecular formula is C13H20Cl2N2O3. The Bertz CT molecular complexity index is 479. The average Bonchev–Trinajstić information content (AvgIpc) is 2.38. The van der Waals surface area contributed by atoms with Gasteiger partial charge < -0.3 is 20.5 Å². The minimum absolute atomic E-state index is 0. The number of amides is 1. The number of benzene rings is 1. The van der Waals surface area contributed by atoms with Crippen LogP contribution in [0.15, 0.2) is 12.1 Å². The molecule has 0 fully saturated rings. The first-order valence-corrected chi connectivity index (χ1v) is 6.15. The molecule has 0 saturated heterocycles. The SMILES string of the molecule is COc1cc(N)c(Cl)cc1C(=O)NCC(C)(C)OC.Cl. The van der Waals surface area contributed by atoms with E-state index in [1.54, 1.807) is 7.11 Å². The van der Waals surface area contributed by atoms with Crippen LogP contribution in [-0.2, 0) is 4.74 Å². The van der Waals surface area contributed by atoms with Crippen molar-refractivity contribution in [3.8, 4) is 5.75 Å². The molecule has 0 unspecified atom stereocenters. The highest BCUT2D eigenvalue weighted by atomic mass is 35.5. The Morgan fingerprint density at radius 1 is 1.40 bits per heavy atom. The van der Waals surface area contributed by atoms with Crippen LogP contribution in [0.1, 0.15) is 24.2 Å². The number of carbonyl (C=O) groups is 1. The molecule has 0 bridgehead atoms. The number of nitrogens with two attached hydrogens (primary N) is 1. The predicted octanol–water partition coefficient (Wildman–Crippen LogP) is 2.51. The Kier molecular flexibility index (Phi) is 7.13. The number of nitrogen functional groups attached to an aromatic ring is 1. The Hall–Kier alpha value is -1.17. The molecule has 0 aliphatic rings. The van der Waals surface area contributed by atoms with Gasteiger partial charge in [0.05, 0.1) is 29.0 Å². The zero-order valence-electron chi connectivity index (χ0n) is 12.0. The molecule has 0 radical (unpaired) electrons. The normalized spacial score (nSPS) is 10.7. The summed E-state index contributed by atoms with van der Waals surface area (Å²) in [7, 11) is 3.06. The quantitative estimate of drug-likeness (QED) is 0.817. The van der Waals surface area contributed by atoms with Crippen LogP contribution in [0.25, 0.3) is 0 Å². The van der Waals surface area contributed by atoms with Crippen molar-refractivity contribution < 1.29 is 14.3 Å². The first-order chi connectivity index (χ1) is 8.80. The maximum absolute atomic E-state index is 12.1. The highest BCUT2D eigenvalue weighted by molar-refractivity contribution is 6.33. The van der Waals surface area contributed by atoms with Crippen LogP contribution in [0.3, 0.4) is 0 Å². The number of methoxy groups -OCH3 is 2. The molecule has 0 aliphatic carbocycles. The van der Waals surface area contributed by atoms with Crippen molar-refractivity contribution in [1.82, 2.24) is 5.32 Å².